The summed E-state index contributed by atoms with van der Waals surface area (Å²) in [5, 5.41) is 10.5. The van der Waals surface area contributed by atoms with Crippen LogP contribution in [0.1, 0.15) is 24.2 Å². The van der Waals surface area contributed by atoms with Crippen LogP contribution in [0.4, 0.5) is 0 Å². The molecule has 1 aliphatic rings. The van der Waals surface area contributed by atoms with Crippen molar-refractivity contribution in [2.45, 2.75) is 20.0 Å². The van der Waals surface area contributed by atoms with E-state index in [2.05, 4.69) is 16.8 Å². The van der Waals surface area contributed by atoms with E-state index in [1.165, 1.54) is 0 Å². The molecule has 1 saturated heterocycles. The summed E-state index contributed by atoms with van der Waals surface area (Å²) in [6, 6.07) is 6.02. The monoisotopic (exact) mass is 278 g/mol. The van der Waals surface area contributed by atoms with Gasteiger partial charge in [0.05, 0.1) is 12.7 Å². The van der Waals surface area contributed by atoms with Crippen LogP contribution in [0.15, 0.2) is 18.2 Å². The first-order chi connectivity index (χ1) is 9.60. The van der Waals surface area contributed by atoms with Crippen molar-refractivity contribution in [2.24, 2.45) is 0 Å². The van der Waals surface area contributed by atoms with Gasteiger partial charge in [-0.25, -0.2) is 0 Å². The fraction of sp³-hybridized carbons (Fsp3) is 0.625. The molecule has 4 nitrogen and oxygen atoms in total. The van der Waals surface area contributed by atoms with Crippen LogP contribution in [0, 0.1) is 6.92 Å². The van der Waals surface area contributed by atoms with Crippen molar-refractivity contribution in [1.29, 1.82) is 0 Å². The Kier molecular flexibility index (Phi) is 5.40. The number of aryl methyl sites for hydroxylation is 1. The number of rotatable bonds is 5. The van der Waals surface area contributed by atoms with Gasteiger partial charge in [0, 0.05) is 38.3 Å². The van der Waals surface area contributed by atoms with E-state index in [-0.39, 0.29) is 0 Å². The fourth-order valence-corrected chi connectivity index (χ4v) is 2.59. The van der Waals surface area contributed by atoms with Crippen molar-refractivity contribution >= 4 is 0 Å². The van der Waals surface area contributed by atoms with Crippen LogP contribution in [0.3, 0.4) is 0 Å². The maximum Gasteiger partial charge on any atom is 0.125 e. The predicted octanol–water partition coefficient (Wildman–Crippen LogP) is 1.67. The van der Waals surface area contributed by atoms with Crippen molar-refractivity contribution in [3.05, 3.63) is 29.3 Å². The van der Waals surface area contributed by atoms with Crippen molar-refractivity contribution in [1.82, 2.24) is 9.80 Å². The molecular weight excluding hydrogens is 252 g/mol. The molecule has 1 N–H and O–H groups in total. The standard InChI is InChI=1S/C16H26N2O2/c1-4-20-16-6-5-13(2)11-14(16)15(19)12-18-9-7-17(3)8-10-18/h5-6,11,15,19H,4,7-10,12H2,1-3H3. The molecule has 0 radical (unpaired) electrons. The van der Waals surface area contributed by atoms with Crippen LogP contribution in [0.5, 0.6) is 5.75 Å². The zero-order valence-electron chi connectivity index (χ0n) is 12.8. The van der Waals surface area contributed by atoms with E-state index in [9.17, 15) is 5.11 Å². The number of piperazine rings is 1. The number of aliphatic hydroxyl groups excluding tert-OH is 1. The summed E-state index contributed by atoms with van der Waals surface area (Å²) in [6.45, 7) is 9.48. The topological polar surface area (TPSA) is 35.9 Å². The van der Waals surface area contributed by atoms with Crippen molar-refractivity contribution in [3.63, 3.8) is 0 Å². The molecule has 112 valence electrons. The Morgan fingerprint density at radius 3 is 2.60 bits per heavy atom. The summed E-state index contributed by atoms with van der Waals surface area (Å²) in [7, 11) is 2.14. The fourth-order valence-electron chi connectivity index (χ4n) is 2.59. The number of hydrogen-bond acceptors (Lipinski definition) is 4. The van der Waals surface area contributed by atoms with Crippen LogP contribution in [-0.4, -0.2) is 61.3 Å². The predicted molar refractivity (Wildman–Crippen MR) is 81.2 cm³/mol. The molecule has 1 heterocycles. The maximum absolute atomic E-state index is 10.5. The molecule has 20 heavy (non-hydrogen) atoms. The molecule has 1 unspecified atom stereocenters. The van der Waals surface area contributed by atoms with Gasteiger partial charge in [0.1, 0.15) is 5.75 Å². The molecule has 1 aromatic rings. The number of nitrogens with zero attached hydrogens (tertiary/aromatic N) is 2. The minimum absolute atomic E-state index is 0.486. The summed E-state index contributed by atoms with van der Waals surface area (Å²) in [5.41, 5.74) is 2.06. The van der Waals surface area contributed by atoms with Gasteiger partial charge >= 0.3 is 0 Å². The molecular formula is C16H26N2O2. The third-order valence-corrected chi connectivity index (χ3v) is 3.85. The van der Waals surface area contributed by atoms with Crippen LogP contribution in [-0.2, 0) is 0 Å². The van der Waals surface area contributed by atoms with Gasteiger partial charge in [-0.05, 0) is 33.0 Å². The first-order valence-electron chi connectivity index (χ1n) is 7.42. The highest BCUT2D eigenvalue weighted by atomic mass is 16.5. The van der Waals surface area contributed by atoms with Gasteiger partial charge in [-0.15, -0.1) is 0 Å². The second-order valence-electron chi connectivity index (χ2n) is 5.59. The van der Waals surface area contributed by atoms with E-state index in [0.717, 1.165) is 43.1 Å². The van der Waals surface area contributed by atoms with Gasteiger partial charge in [0.2, 0.25) is 0 Å². The van der Waals surface area contributed by atoms with Crippen molar-refractivity contribution < 1.29 is 9.84 Å². The Morgan fingerprint density at radius 2 is 1.95 bits per heavy atom. The Labute approximate surface area is 122 Å². The average Bonchev–Trinajstić information content (AvgIpc) is 2.43. The summed E-state index contributed by atoms with van der Waals surface area (Å²) >= 11 is 0. The van der Waals surface area contributed by atoms with Gasteiger partial charge in [-0.1, -0.05) is 11.6 Å². The zero-order valence-corrected chi connectivity index (χ0v) is 12.8. The highest BCUT2D eigenvalue weighted by Crippen LogP contribution is 2.27. The largest absolute Gasteiger partial charge is 0.493 e. The lowest BCUT2D eigenvalue weighted by Gasteiger charge is -2.33. The zero-order chi connectivity index (χ0) is 14.5. The Hall–Kier alpha value is -1.10. The Bertz CT molecular complexity index is 428. The molecule has 0 amide bonds. The Morgan fingerprint density at radius 1 is 1.25 bits per heavy atom. The second-order valence-corrected chi connectivity index (χ2v) is 5.59. The first-order valence-corrected chi connectivity index (χ1v) is 7.42. The molecule has 0 saturated carbocycles. The number of β-amino-alcohol motifs (C(OH)–C–C–N with tert-alkyl or cyclic N) is 1. The minimum atomic E-state index is -0.486. The van der Waals surface area contributed by atoms with Gasteiger partial charge < -0.3 is 14.7 Å². The Balaban J connectivity index is 2.04. The van der Waals surface area contributed by atoms with E-state index in [4.69, 9.17) is 4.74 Å². The smallest absolute Gasteiger partial charge is 0.125 e. The minimum Gasteiger partial charge on any atom is -0.493 e. The average molecular weight is 278 g/mol. The molecule has 1 fully saturated rings. The lowest BCUT2D eigenvalue weighted by Crippen LogP contribution is -2.45. The number of likely N-dealkylation sites (N-methyl/N-ethyl adjacent to an activating group) is 1. The van der Waals surface area contributed by atoms with E-state index in [1.807, 2.05) is 32.0 Å². The van der Waals surface area contributed by atoms with E-state index in [1.54, 1.807) is 0 Å². The molecule has 0 aliphatic carbocycles. The lowest BCUT2D eigenvalue weighted by molar-refractivity contribution is 0.0787. The first kappa shape index (κ1) is 15.3. The number of aliphatic hydroxyl groups is 1. The van der Waals surface area contributed by atoms with Crippen LogP contribution < -0.4 is 4.74 Å². The molecule has 1 aromatic carbocycles. The highest BCUT2D eigenvalue weighted by molar-refractivity contribution is 5.38. The summed E-state index contributed by atoms with van der Waals surface area (Å²) < 4.78 is 5.63. The molecule has 0 bridgehead atoms. The van der Waals surface area contributed by atoms with Crippen LogP contribution >= 0.6 is 0 Å². The summed E-state index contributed by atoms with van der Waals surface area (Å²) in [5.74, 6) is 0.805. The molecule has 0 spiro atoms. The quantitative estimate of drug-likeness (QED) is 0.889. The number of benzene rings is 1. The van der Waals surface area contributed by atoms with Gasteiger partial charge in [-0.2, -0.15) is 0 Å². The molecule has 1 aliphatic heterocycles. The third-order valence-electron chi connectivity index (χ3n) is 3.85. The SMILES string of the molecule is CCOc1ccc(C)cc1C(O)CN1CCN(C)CC1. The van der Waals surface area contributed by atoms with E-state index < -0.39 is 6.10 Å². The lowest BCUT2D eigenvalue weighted by atomic mass is 10.0. The van der Waals surface area contributed by atoms with Crippen LogP contribution in [0.2, 0.25) is 0 Å². The van der Waals surface area contributed by atoms with Gasteiger partial charge in [0.15, 0.2) is 0 Å². The molecule has 4 heteroatoms. The van der Waals surface area contributed by atoms with E-state index >= 15 is 0 Å². The summed E-state index contributed by atoms with van der Waals surface area (Å²) in [6.07, 6.45) is -0.486. The van der Waals surface area contributed by atoms with E-state index in [0.29, 0.717) is 13.2 Å². The van der Waals surface area contributed by atoms with Gasteiger partial charge in [0.25, 0.3) is 0 Å². The second kappa shape index (κ2) is 7.07. The normalized spacial score (nSPS) is 19.0. The molecule has 2 rings (SSSR count). The highest BCUT2D eigenvalue weighted by Gasteiger charge is 2.20. The summed E-state index contributed by atoms with van der Waals surface area (Å²) in [4.78, 5) is 4.64. The maximum atomic E-state index is 10.5. The van der Waals surface area contributed by atoms with Crippen molar-refractivity contribution in [2.75, 3.05) is 46.4 Å². The number of hydrogen-bond donors (Lipinski definition) is 1. The number of ether oxygens (including phenoxy) is 1. The molecule has 1 atom stereocenters. The van der Waals surface area contributed by atoms with Crippen LogP contribution in [0.25, 0.3) is 0 Å². The molecule has 0 aromatic heterocycles. The van der Waals surface area contributed by atoms with Crippen molar-refractivity contribution in [3.8, 4) is 5.75 Å². The van der Waals surface area contributed by atoms with Gasteiger partial charge in [-0.3, -0.25) is 4.90 Å². The third kappa shape index (κ3) is 3.95.